The minimum absolute atomic E-state index is 0.267. The van der Waals surface area contributed by atoms with E-state index in [2.05, 4.69) is 0 Å². The molecule has 130 valence electrons. The van der Waals surface area contributed by atoms with Gasteiger partial charge in [0.15, 0.2) is 23.9 Å². The summed E-state index contributed by atoms with van der Waals surface area (Å²) < 4.78 is 22.3. The number of aldehydes is 1. The number of fused-ring (bicyclic) bond motifs is 1. The lowest BCUT2D eigenvalue weighted by molar-refractivity contribution is -0.105. The molecule has 1 aliphatic rings. The van der Waals surface area contributed by atoms with Crippen LogP contribution in [-0.2, 0) is 4.79 Å². The molecule has 1 aliphatic heterocycles. The maximum atomic E-state index is 11.7. The van der Waals surface area contributed by atoms with Crippen LogP contribution in [0, 0.1) is 0 Å². The number of halogens is 1. The number of hydrogen-bond donors (Lipinski definition) is 0. The fourth-order valence-electron chi connectivity index (χ4n) is 2.87. The molecule has 2 aromatic carbocycles. The molecule has 0 spiro atoms. The van der Waals surface area contributed by atoms with E-state index in [-0.39, 0.29) is 5.03 Å². The van der Waals surface area contributed by atoms with Crippen molar-refractivity contribution in [1.82, 2.24) is 0 Å². The van der Waals surface area contributed by atoms with Gasteiger partial charge in [-0.15, -0.1) is 0 Å². The van der Waals surface area contributed by atoms with Gasteiger partial charge in [-0.3, -0.25) is 4.79 Å². The minimum Gasteiger partial charge on any atom is -0.493 e. The fraction of sp³-hybridized carbons (Fsp3) is 0.211. The Morgan fingerprint density at radius 1 is 1.04 bits per heavy atom. The minimum atomic E-state index is -0.610. The maximum absolute atomic E-state index is 11.7. The summed E-state index contributed by atoms with van der Waals surface area (Å²) in [6.45, 7) is 0. The second-order valence-corrected chi connectivity index (χ2v) is 5.69. The highest BCUT2D eigenvalue weighted by atomic mass is 35.5. The van der Waals surface area contributed by atoms with E-state index >= 15 is 0 Å². The average Bonchev–Trinajstić information content (AvgIpc) is 2.66. The van der Waals surface area contributed by atoms with Crippen LogP contribution >= 0.6 is 11.6 Å². The van der Waals surface area contributed by atoms with Crippen molar-refractivity contribution >= 4 is 22.9 Å². The fourth-order valence-corrected chi connectivity index (χ4v) is 3.20. The van der Waals surface area contributed by atoms with E-state index in [1.165, 1.54) is 21.3 Å². The first kappa shape index (κ1) is 17.2. The lowest BCUT2D eigenvalue weighted by Crippen LogP contribution is -2.18. The molecular formula is C19H17ClO5. The van der Waals surface area contributed by atoms with Gasteiger partial charge in [-0.1, -0.05) is 41.9 Å². The molecule has 0 saturated heterocycles. The predicted octanol–water partition coefficient (Wildman–Crippen LogP) is 3.99. The third-order valence-corrected chi connectivity index (χ3v) is 4.43. The molecule has 0 fully saturated rings. The van der Waals surface area contributed by atoms with Gasteiger partial charge in [0, 0.05) is 6.07 Å². The van der Waals surface area contributed by atoms with Crippen LogP contribution in [0.15, 0.2) is 42.0 Å². The number of carbonyl (C=O) groups excluding carboxylic acids is 1. The van der Waals surface area contributed by atoms with Gasteiger partial charge in [0.1, 0.15) is 5.75 Å². The van der Waals surface area contributed by atoms with Crippen LogP contribution in [0.4, 0.5) is 0 Å². The normalized spacial score (nSPS) is 15.9. The van der Waals surface area contributed by atoms with E-state index in [9.17, 15) is 4.79 Å². The van der Waals surface area contributed by atoms with Crippen molar-refractivity contribution in [2.75, 3.05) is 21.3 Å². The summed E-state index contributed by atoms with van der Waals surface area (Å²) in [5.41, 5.74) is 1.61. The van der Waals surface area contributed by atoms with Gasteiger partial charge in [-0.25, -0.2) is 0 Å². The van der Waals surface area contributed by atoms with E-state index in [1.54, 1.807) is 6.07 Å². The number of benzene rings is 2. The Labute approximate surface area is 150 Å². The first-order valence-electron chi connectivity index (χ1n) is 7.56. The molecular weight excluding hydrogens is 344 g/mol. The van der Waals surface area contributed by atoms with E-state index in [1.807, 2.05) is 30.3 Å². The SMILES string of the molecule is COc1cc2c(c(OC)c1OC)C(Cl)=C(C=O)C(c1ccccc1)O2. The Morgan fingerprint density at radius 3 is 2.28 bits per heavy atom. The van der Waals surface area contributed by atoms with Gasteiger partial charge in [-0.05, 0) is 5.56 Å². The molecule has 0 aliphatic carbocycles. The number of hydrogen-bond acceptors (Lipinski definition) is 5. The summed E-state index contributed by atoms with van der Waals surface area (Å²) in [7, 11) is 4.52. The van der Waals surface area contributed by atoms with Gasteiger partial charge < -0.3 is 18.9 Å². The largest absolute Gasteiger partial charge is 0.493 e. The lowest BCUT2D eigenvalue weighted by atomic mass is 9.96. The molecule has 0 aromatic heterocycles. The van der Waals surface area contributed by atoms with Crippen LogP contribution in [-0.4, -0.2) is 27.6 Å². The van der Waals surface area contributed by atoms with Crippen LogP contribution in [0.5, 0.6) is 23.0 Å². The van der Waals surface area contributed by atoms with E-state index in [0.29, 0.717) is 40.4 Å². The Kier molecular flexibility index (Phi) is 4.86. The van der Waals surface area contributed by atoms with Gasteiger partial charge in [0.25, 0.3) is 0 Å². The zero-order chi connectivity index (χ0) is 18.0. The van der Waals surface area contributed by atoms with Crippen molar-refractivity contribution in [2.24, 2.45) is 0 Å². The van der Waals surface area contributed by atoms with Gasteiger partial charge >= 0.3 is 0 Å². The Balaban J connectivity index is 2.26. The van der Waals surface area contributed by atoms with Crippen LogP contribution < -0.4 is 18.9 Å². The summed E-state index contributed by atoms with van der Waals surface area (Å²) in [6, 6.07) is 11.1. The van der Waals surface area contributed by atoms with Crippen LogP contribution in [0.2, 0.25) is 0 Å². The number of ether oxygens (including phenoxy) is 4. The highest BCUT2D eigenvalue weighted by Crippen LogP contribution is 2.53. The molecule has 1 atom stereocenters. The molecule has 1 heterocycles. The molecule has 0 amide bonds. The molecule has 5 nitrogen and oxygen atoms in total. The third-order valence-electron chi connectivity index (χ3n) is 4.02. The van der Waals surface area contributed by atoms with E-state index in [4.69, 9.17) is 30.5 Å². The summed E-state index contributed by atoms with van der Waals surface area (Å²) in [4.78, 5) is 11.7. The van der Waals surface area contributed by atoms with Crippen molar-refractivity contribution in [3.05, 3.63) is 53.1 Å². The highest BCUT2D eigenvalue weighted by molar-refractivity contribution is 6.51. The quantitative estimate of drug-likeness (QED) is 0.754. The van der Waals surface area contributed by atoms with E-state index in [0.717, 1.165) is 5.56 Å². The average molecular weight is 361 g/mol. The first-order chi connectivity index (χ1) is 12.2. The second-order valence-electron chi connectivity index (χ2n) is 5.31. The first-order valence-corrected chi connectivity index (χ1v) is 7.93. The number of methoxy groups -OCH3 is 3. The van der Waals surface area contributed by atoms with E-state index < -0.39 is 6.10 Å². The summed E-state index contributed by atoms with van der Waals surface area (Å²) in [5, 5.41) is 0.267. The number of rotatable bonds is 5. The van der Waals surface area contributed by atoms with Gasteiger partial charge in [-0.2, -0.15) is 0 Å². The van der Waals surface area contributed by atoms with Crippen LogP contribution in [0.25, 0.3) is 5.03 Å². The van der Waals surface area contributed by atoms with Gasteiger partial charge in [0.2, 0.25) is 5.75 Å². The monoisotopic (exact) mass is 360 g/mol. The zero-order valence-electron chi connectivity index (χ0n) is 14.0. The molecule has 0 N–H and O–H groups in total. The standard InChI is InChI=1S/C19H17ClO5/c1-22-14-9-13-15(19(24-3)18(14)23-2)16(20)12(10-21)17(25-13)11-7-5-4-6-8-11/h4-10,17H,1-3H3. The van der Waals surface area contributed by atoms with Crippen molar-refractivity contribution in [1.29, 1.82) is 0 Å². The van der Waals surface area contributed by atoms with Crippen molar-refractivity contribution in [3.8, 4) is 23.0 Å². The topological polar surface area (TPSA) is 54.0 Å². The molecule has 0 radical (unpaired) electrons. The second kappa shape index (κ2) is 7.07. The Bertz CT molecular complexity index is 829. The maximum Gasteiger partial charge on any atom is 0.204 e. The summed E-state index contributed by atoms with van der Waals surface area (Å²) in [6.07, 6.45) is 0.0977. The van der Waals surface area contributed by atoms with Crippen molar-refractivity contribution < 1.29 is 23.7 Å². The third kappa shape index (κ3) is 2.81. The smallest absolute Gasteiger partial charge is 0.204 e. The molecule has 25 heavy (non-hydrogen) atoms. The van der Waals surface area contributed by atoms with Gasteiger partial charge in [0.05, 0.1) is 37.5 Å². The zero-order valence-corrected chi connectivity index (χ0v) is 14.8. The van der Waals surface area contributed by atoms with Crippen molar-refractivity contribution in [3.63, 3.8) is 0 Å². The molecule has 2 aromatic rings. The molecule has 0 saturated carbocycles. The highest BCUT2D eigenvalue weighted by Gasteiger charge is 2.34. The predicted molar refractivity (Wildman–Crippen MR) is 94.7 cm³/mol. The molecule has 0 bridgehead atoms. The lowest BCUT2D eigenvalue weighted by Gasteiger charge is -2.29. The Morgan fingerprint density at radius 2 is 1.72 bits per heavy atom. The van der Waals surface area contributed by atoms with Crippen LogP contribution in [0.1, 0.15) is 17.2 Å². The molecule has 3 rings (SSSR count). The summed E-state index contributed by atoms with van der Waals surface area (Å²) >= 11 is 6.56. The number of carbonyl (C=O) groups is 1. The summed E-state index contributed by atoms with van der Waals surface area (Å²) in [5.74, 6) is 1.64. The molecule has 1 unspecified atom stereocenters. The van der Waals surface area contributed by atoms with Crippen LogP contribution in [0.3, 0.4) is 0 Å². The van der Waals surface area contributed by atoms with Crippen molar-refractivity contribution in [2.45, 2.75) is 6.10 Å². The Hall–Kier alpha value is -2.66. The molecule has 6 heteroatoms.